The molecule has 0 aliphatic carbocycles. The van der Waals surface area contributed by atoms with Crippen LogP contribution in [0, 0.1) is 0 Å². The highest BCUT2D eigenvalue weighted by Gasteiger charge is 2.18. The molecule has 96 valence electrons. The van der Waals surface area contributed by atoms with Gasteiger partial charge in [-0.05, 0) is 37.0 Å². The average molecular weight is 277 g/mol. The Kier molecular flexibility index (Phi) is 4.83. The van der Waals surface area contributed by atoms with Crippen molar-refractivity contribution in [1.29, 1.82) is 0 Å². The molecule has 0 N–H and O–H groups in total. The molecule has 0 bridgehead atoms. The van der Waals surface area contributed by atoms with Crippen LogP contribution in [-0.4, -0.2) is 15.0 Å². The van der Waals surface area contributed by atoms with E-state index in [0.29, 0.717) is 18.3 Å². The summed E-state index contributed by atoms with van der Waals surface area (Å²) in [6.07, 6.45) is 0.940. The standard InChI is InChI=1S/C12H17ClO3S/c1-4-9(3)10-6-7-11(16-5-2)12(8-10)17(13,14)15/h6-9H,4-5H2,1-3H3. The summed E-state index contributed by atoms with van der Waals surface area (Å²) in [6, 6.07) is 5.15. The van der Waals surface area contributed by atoms with E-state index in [4.69, 9.17) is 15.4 Å². The second-order valence-electron chi connectivity index (χ2n) is 3.89. The Balaban J connectivity index is 3.29. The third-order valence-corrected chi connectivity index (χ3v) is 4.05. The van der Waals surface area contributed by atoms with Gasteiger partial charge in [0.05, 0.1) is 6.61 Å². The molecule has 0 spiro atoms. The number of rotatable bonds is 5. The molecule has 17 heavy (non-hydrogen) atoms. The van der Waals surface area contributed by atoms with Crippen molar-refractivity contribution in [3.63, 3.8) is 0 Å². The molecule has 0 aliphatic rings. The number of halogens is 1. The highest BCUT2D eigenvalue weighted by molar-refractivity contribution is 8.13. The van der Waals surface area contributed by atoms with Crippen molar-refractivity contribution in [3.8, 4) is 5.75 Å². The molecule has 1 aromatic rings. The molecule has 0 heterocycles. The molecular weight excluding hydrogens is 260 g/mol. The molecular formula is C12H17ClO3S. The SMILES string of the molecule is CCOc1ccc(C(C)CC)cc1S(=O)(=O)Cl. The van der Waals surface area contributed by atoms with Crippen LogP contribution in [0.25, 0.3) is 0 Å². The monoisotopic (exact) mass is 276 g/mol. The van der Waals surface area contributed by atoms with Gasteiger partial charge in [-0.1, -0.05) is 19.9 Å². The molecule has 1 unspecified atom stereocenters. The maximum Gasteiger partial charge on any atom is 0.264 e. The van der Waals surface area contributed by atoms with Crippen molar-refractivity contribution in [1.82, 2.24) is 0 Å². The van der Waals surface area contributed by atoms with Crippen molar-refractivity contribution in [2.24, 2.45) is 0 Å². The molecule has 1 atom stereocenters. The van der Waals surface area contributed by atoms with Crippen LogP contribution >= 0.6 is 10.7 Å². The second-order valence-corrected chi connectivity index (χ2v) is 6.42. The van der Waals surface area contributed by atoms with Crippen molar-refractivity contribution in [2.45, 2.75) is 38.0 Å². The van der Waals surface area contributed by atoms with Crippen LogP contribution in [0.1, 0.15) is 38.7 Å². The van der Waals surface area contributed by atoms with Gasteiger partial charge in [0.2, 0.25) is 0 Å². The molecule has 0 saturated heterocycles. The Morgan fingerprint density at radius 2 is 2.00 bits per heavy atom. The summed E-state index contributed by atoms with van der Waals surface area (Å²) < 4.78 is 28.2. The lowest BCUT2D eigenvalue weighted by Crippen LogP contribution is -2.02. The number of hydrogen-bond acceptors (Lipinski definition) is 3. The Labute approximate surface area is 107 Å². The fourth-order valence-corrected chi connectivity index (χ4v) is 2.54. The lowest BCUT2D eigenvalue weighted by Gasteiger charge is -2.13. The van der Waals surface area contributed by atoms with Crippen LogP contribution < -0.4 is 4.74 Å². The van der Waals surface area contributed by atoms with Crippen LogP contribution in [0.15, 0.2) is 23.1 Å². The topological polar surface area (TPSA) is 43.4 Å². The van der Waals surface area contributed by atoms with E-state index in [-0.39, 0.29) is 4.90 Å². The molecule has 1 rings (SSSR count). The highest BCUT2D eigenvalue weighted by Crippen LogP contribution is 2.31. The first kappa shape index (κ1) is 14.3. The summed E-state index contributed by atoms with van der Waals surface area (Å²) in [7, 11) is 1.64. The molecule has 0 radical (unpaired) electrons. The van der Waals surface area contributed by atoms with Gasteiger partial charge in [-0.2, -0.15) is 0 Å². The first-order valence-electron chi connectivity index (χ1n) is 5.61. The molecule has 0 saturated carbocycles. The Morgan fingerprint density at radius 3 is 2.47 bits per heavy atom. The zero-order valence-corrected chi connectivity index (χ0v) is 11.8. The molecule has 0 aromatic heterocycles. The molecule has 5 heteroatoms. The van der Waals surface area contributed by atoms with Crippen LogP contribution in [0.4, 0.5) is 0 Å². The third kappa shape index (κ3) is 3.61. The van der Waals surface area contributed by atoms with E-state index in [1.165, 1.54) is 0 Å². The van der Waals surface area contributed by atoms with E-state index in [2.05, 4.69) is 6.92 Å². The van der Waals surface area contributed by atoms with Crippen molar-refractivity contribution >= 4 is 19.7 Å². The van der Waals surface area contributed by atoms with Gasteiger partial charge in [0, 0.05) is 10.7 Å². The summed E-state index contributed by atoms with van der Waals surface area (Å²) in [4.78, 5) is 0.0545. The van der Waals surface area contributed by atoms with Crippen LogP contribution in [0.3, 0.4) is 0 Å². The summed E-state index contributed by atoms with van der Waals surface area (Å²) >= 11 is 0. The predicted octanol–water partition coefficient (Wildman–Crippen LogP) is 3.53. The number of hydrogen-bond donors (Lipinski definition) is 0. The minimum atomic E-state index is -3.77. The van der Waals surface area contributed by atoms with Crippen LogP contribution in [-0.2, 0) is 9.05 Å². The summed E-state index contributed by atoms with van der Waals surface area (Å²) in [6.45, 7) is 6.30. The lowest BCUT2D eigenvalue weighted by molar-refractivity contribution is 0.331. The van der Waals surface area contributed by atoms with E-state index in [9.17, 15) is 8.42 Å². The van der Waals surface area contributed by atoms with Crippen LogP contribution in [0.5, 0.6) is 5.75 Å². The predicted molar refractivity (Wildman–Crippen MR) is 69.4 cm³/mol. The van der Waals surface area contributed by atoms with Gasteiger partial charge >= 0.3 is 0 Å². The summed E-state index contributed by atoms with van der Waals surface area (Å²) in [5.74, 6) is 0.609. The minimum absolute atomic E-state index is 0.0545. The van der Waals surface area contributed by atoms with Gasteiger partial charge in [0.15, 0.2) is 0 Å². The molecule has 3 nitrogen and oxygen atoms in total. The maximum absolute atomic E-state index is 11.5. The third-order valence-electron chi connectivity index (χ3n) is 2.71. The second kappa shape index (κ2) is 5.74. The van der Waals surface area contributed by atoms with Crippen LogP contribution in [0.2, 0.25) is 0 Å². The van der Waals surface area contributed by atoms with E-state index >= 15 is 0 Å². The molecule has 0 fully saturated rings. The Morgan fingerprint density at radius 1 is 1.35 bits per heavy atom. The maximum atomic E-state index is 11.5. The molecule has 0 amide bonds. The zero-order valence-electron chi connectivity index (χ0n) is 10.2. The van der Waals surface area contributed by atoms with E-state index < -0.39 is 9.05 Å². The first-order valence-corrected chi connectivity index (χ1v) is 7.92. The average Bonchev–Trinajstić information content (AvgIpc) is 2.27. The van der Waals surface area contributed by atoms with Gasteiger partial charge in [0.25, 0.3) is 9.05 Å². The normalized spacial score (nSPS) is 13.4. The fourth-order valence-electron chi connectivity index (χ4n) is 1.53. The van der Waals surface area contributed by atoms with Gasteiger partial charge in [0.1, 0.15) is 10.6 Å². The van der Waals surface area contributed by atoms with Crippen molar-refractivity contribution < 1.29 is 13.2 Å². The van der Waals surface area contributed by atoms with E-state index in [1.54, 1.807) is 19.1 Å². The first-order chi connectivity index (χ1) is 7.90. The van der Waals surface area contributed by atoms with E-state index in [0.717, 1.165) is 12.0 Å². The zero-order chi connectivity index (χ0) is 13.1. The highest BCUT2D eigenvalue weighted by atomic mass is 35.7. The van der Waals surface area contributed by atoms with Crippen molar-refractivity contribution in [2.75, 3.05) is 6.61 Å². The fraction of sp³-hybridized carbons (Fsp3) is 0.500. The number of ether oxygens (including phenoxy) is 1. The Bertz CT molecular complexity index is 483. The quantitative estimate of drug-likeness (QED) is 0.773. The summed E-state index contributed by atoms with van der Waals surface area (Å²) in [5, 5.41) is 0. The Hall–Kier alpha value is -0.740. The molecule has 1 aromatic carbocycles. The molecule has 0 aliphatic heterocycles. The lowest BCUT2D eigenvalue weighted by atomic mass is 9.99. The van der Waals surface area contributed by atoms with Crippen molar-refractivity contribution in [3.05, 3.63) is 23.8 Å². The minimum Gasteiger partial charge on any atom is -0.492 e. The smallest absolute Gasteiger partial charge is 0.264 e. The largest absolute Gasteiger partial charge is 0.492 e. The van der Waals surface area contributed by atoms with Gasteiger partial charge in [-0.3, -0.25) is 0 Å². The van der Waals surface area contributed by atoms with Gasteiger partial charge in [-0.15, -0.1) is 0 Å². The number of benzene rings is 1. The van der Waals surface area contributed by atoms with Gasteiger partial charge < -0.3 is 4.74 Å². The van der Waals surface area contributed by atoms with E-state index in [1.807, 2.05) is 13.0 Å². The van der Waals surface area contributed by atoms with Gasteiger partial charge in [-0.25, -0.2) is 8.42 Å². The summed E-state index contributed by atoms with van der Waals surface area (Å²) in [5.41, 5.74) is 0.954.